The van der Waals surface area contributed by atoms with Gasteiger partial charge in [0.1, 0.15) is 35.5 Å². The van der Waals surface area contributed by atoms with E-state index in [2.05, 4.69) is 6.07 Å². The van der Waals surface area contributed by atoms with Crippen molar-refractivity contribution >= 4 is 0 Å². The molecule has 0 aromatic heterocycles. The molecule has 3 aromatic rings. The second-order valence-electron chi connectivity index (χ2n) is 6.49. The number of fused-ring (bicyclic) bond motifs is 1. The Morgan fingerprint density at radius 2 is 1.86 bits per heavy atom. The molecule has 138 valence electrons. The molecule has 0 unspecified atom stereocenters. The molecule has 5 heteroatoms. The fourth-order valence-electron chi connectivity index (χ4n) is 3.31. The highest BCUT2D eigenvalue weighted by Crippen LogP contribution is 2.43. The maximum absolute atomic E-state index is 9.75. The number of ether oxygens (including phenoxy) is 2. The second-order valence-corrected chi connectivity index (χ2v) is 6.49. The molecule has 1 atom stereocenters. The maximum Gasteiger partial charge on any atom is 0.205 e. The van der Waals surface area contributed by atoms with Crippen LogP contribution in [-0.4, -0.2) is 5.11 Å². The van der Waals surface area contributed by atoms with Crippen molar-refractivity contribution in [1.29, 1.82) is 5.26 Å². The summed E-state index contributed by atoms with van der Waals surface area (Å²) in [4.78, 5) is 0. The van der Waals surface area contributed by atoms with Gasteiger partial charge in [0.25, 0.3) is 0 Å². The minimum absolute atomic E-state index is 0.0428. The van der Waals surface area contributed by atoms with Gasteiger partial charge in [-0.05, 0) is 29.3 Å². The Morgan fingerprint density at radius 1 is 1.04 bits per heavy atom. The molecule has 0 bridgehead atoms. The minimum Gasteiger partial charge on any atom is -0.508 e. The third kappa shape index (κ3) is 3.36. The summed E-state index contributed by atoms with van der Waals surface area (Å²) < 4.78 is 11.5. The van der Waals surface area contributed by atoms with Crippen LogP contribution < -0.4 is 15.2 Å². The maximum atomic E-state index is 9.75. The Balaban J connectivity index is 1.69. The third-order valence-electron chi connectivity index (χ3n) is 4.64. The molecule has 0 spiro atoms. The molecule has 0 aliphatic carbocycles. The quantitative estimate of drug-likeness (QED) is 0.719. The van der Waals surface area contributed by atoms with Crippen molar-refractivity contribution in [2.75, 3.05) is 0 Å². The zero-order valence-corrected chi connectivity index (χ0v) is 15.0. The van der Waals surface area contributed by atoms with Crippen molar-refractivity contribution in [1.82, 2.24) is 0 Å². The van der Waals surface area contributed by atoms with E-state index in [9.17, 15) is 10.4 Å². The zero-order chi connectivity index (χ0) is 19.5. The number of hydrogen-bond donors (Lipinski definition) is 2. The molecule has 0 radical (unpaired) electrons. The van der Waals surface area contributed by atoms with E-state index in [-0.39, 0.29) is 11.6 Å². The molecule has 0 saturated heterocycles. The number of nitrogens with zero attached hydrogens (tertiary/aromatic N) is 1. The van der Waals surface area contributed by atoms with Crippen LogP contribution in [-0.2, 0) is 6.61 Å². The SMILES string of the molecule is N#CC1=C(N)Oc2cc(O)ccc2[C@H]1c1cccc(OCc2ccccc2)c1. The van der Waals surface area contributed by atoms with Gasteiger partial charge in [0.15, 0.2) is 0 Å². The van der Waals surface area contributed by atoms with E-state index < -0.39 is 5.92 Å². The molecule has 4 rings (SSSR count). The molecule has 3 aromatic carbocycles. The summed E-state index contributed by atoms with van der Waals surface area (Å²) >= 11 is 0. The van der Waals surface area contributed by atoms with Gasteiger partial charge in [-0.1, -0.05) is 48.5 Å². The average Bonchev–Trinajstić information content (AvgIpc) is 2.72. The van der Waals surface area contributed by atoms with Crippen molar-refractivity contribution in [2.24, 2.45) is 5.73 Å². The van der Waals surface area contributed by atoms with Gasteiger partial charge in [0.05, 0.1) is 5.92 Å². The van der Waals surface area contributed by atoms with Gasteiger partial charge in [0, 0.05) is 11.6 Å². The number of allylic oxidation sites excluding steroid dienone is 1. The fourth-order valence-corrected chi connectivity index (χ4v) is 3.31. The molecule has 0 fully saturated rings. The summed E-state index contributed by atoms with van der Waals surface area (Å²) in [5.41, 5.74) is 9.01. The smallest absolute Gasteiger partial charge is 0.205 e. The molecule has 1 aliphatic rings. The highest BCUT2D eigenvalue weighted by Gasteiger charge is 2.31. The van der Waals surface area contributed by atoms with Crippen molar-refractivity contribution in [2.45, 2.75) is 12.5 Å². The molecular weight excluding hydrogens is 352 g/mol. The normalized spacial score (nSPS) is 15.3. The van der Waals surface area contributed by atoms with Crippen LogP contribution in [0.2, 0.25) is 0 Å². The first-order valence-corrected chi connectivity index (χ1v) is 8.83. The van der Waals surface area contributed by atoms with Gasteiger partial charge < -0.3 is 20.3 Å². The number of nitrogens with two attached hydrogens (primary N) is 1. The summed E-state index contributed by atoms with van der Waals surface area (Å²) in [6.45, 7) is 0.450. The van der Waals surface area contributed by atoms with E-state index in [4.69, 9.17) is 15.2 Å². The highest BCUT2D eigenvalue weighted by molar-refractivity contribution is 5.57. The van der Waals surface area contributed by atoms with Crippen molar-refractivity contribution in [3.63, 3.8) is 0 Å². The van der Waals surface area contributed by atoms with Crippen LogP contribution in [0.15, 0.2) is 84.3 Å². The van der Waals surface area contributed by atoms with Crippen molar-refractivity contribution in [3.05, 3.63) is 101 Å². The fraction of sp³-hybridized carbons (Fsp3) is 0.0870. The molecule has 5 nitrogen and oxygen atoms in total. The van der Waals surface area contributed by atoms with E-state index in [1.54, 1.807) is 12.1 Å². The number of phenols is 1. The van der Waals surface area contributed by atoms with Gasteiger partial charge in [0.2, 0.25) is 5.88 Å². The number of aromatic hydroxyl groups is 1. The highest BCUT2D eigenvalue weighted by atomic mass is 16.5. The lowest BCUT2D eigenvalue weighted by Crippen LogP contribution is -2.21. The Morgan fingerprint density at radius 3 is 2.64 bits per heavy atom. The summed E-state index contributed by atoms with van der Waals surface area (Å²) in [5.74, 6) is 0.864. The van der Waals surface area contributed by atoms with E-state index in [1.807, 2.05) is 54.6 Å². The first kappa shape index (κ1) is 17.5. The standard InChI is InChI=1S/C23H18N2O3/c24-13-20-22(19-10-9-17(26)12-21(19)28-23(20)25)16-7-4-8-18(11-16)27-14-15-5-2-1-3-6-15/h1-12,22,26H,14,25H2/t22-/m1/s1. The van der Waals surface area contributed by atoms with E-state index >= 15 is 0 Å². The zero-order valence-electron chi connectivity index (χ0n) is 15.0. The lowest BCUT2D eigenvalue weighted by molar-refractivity contribution is 0.306. The first-order chi connectivity index (χ1) is 13.7. The number of benzene rings is 3. The van der Waals surface area contributed by atoms with E-state index in [1.165, 1.54) is 6.07 Å². The molecule has 1 aliphatic heterocycles. The summed E-state index contributed by atoms with van der Waals surface area (Å²) in [5, 5.41) is 19.4. The van der Waals surface area contributed by atoms with E-state index in [0.717, 1.165) is 16.7 Å². The molecule has 0 amide bonds. The third-order valence-corrected chi connectivity index (χ3v) is 4.64. The monoisotopic (exact) mass is 370 g/mol. The molecular formula is C23H18N2O3. The van der Waals surface area contributed by atoms with Gasteiger partial charge >= 0.3 is 0 Å². The molecule has 0 saturated carbocycles. The van der Waals surface area contributed by atoms with E-state index in [0.29, 0.717) is 23.7 Å². The number of hydrogen-bond acceptors (Lipinski definition) is 5. The summed E-state index contributed by atoms with van der Waals surface area (Å²) in [7, 11) is 0. The average molecular weight is 370 g/mol. The predicted octanol–water partition coefficient (Wildman–Crippen LogP) is 4.19. The number of rotatable bonds is 4. The number of phenolic OH excluding ortho intramolecular Hbond substituents is 1. The minimum atomic E-state index is -0.394. The van der Waals surface area contributed by atoms with Crippen LogP contribution in [0.5, 0.6) is 17.2 Å². The predicted molar refractivity (Wildman–Crippen MR) is 105 cm³/mol. The Kier molecular flexibility index (Phi) is 4.61. The van der Waals surface area contributed by atoms with Crippen LogP contribution in [0.3, 0.4) is 0 Å². The van der Waals surface area contributed by atoms with Gasteiger partial charge in [-0.25, -0.2) is 0 Å². The van der Waals surface area contributed by atoms with Gasteiger partial charge in [-0.2, -0.15) is 5.26 Å². The summed E-state index contributed by atoms with van der Waals surface area (Å²) in [6.07, 6.45) is 0. The molecule has 3 N–H and O–H groups in total. The van der Waals surface area contributed by atoms with Crippen LogP contribution in [0.25, 0.3) is 0 Å². The second kappa shape index (κ2) is 7.37. The molecule has 28 heavy (non-hydrogen) atoms. The molecule has 1 heterocycles. The van der Waals surface area contributed by atoms with Crippen molar-refractivity contribution < 1.29 is 14.6 Å². The van der Waals surface area contributed by atoms with Crippen LogP contribution >= 0.6 is 0 Å². The Bertz CT molecular complexity index is 1080. The lowest BCUT2D eigenvalue weighted by Gasteiger charge is -2.26. The Labute approximate surface area is 162 Å². The van der Waals surface area contributed by atoms with Crippen LogP contribution in [0.4, 0.5) is 0 Å². The van der Waals surface area contributed by atoms with Gasteiger partial charge in [-0.3, -0.25) is 0 Å². The topological polar surface area (TPSA) is 88.5 Å². The number of nitriles is 1. The van der Waals surface area contributed by atoms with Crippen LogP contribution in [0.1, 0.15) is 22.6 Å². The lowest BCUT2D eigenvalue weighted by atomic mass is 9.83. The van der Waals surface area contributed by atoms with Gasteiger partial charge in [-0.15, -0.1) is 0 Å². The Hall–Kier alpha value is -3.91. The first-order valence-electron chi connectivity index (χ1n) is 8.83. The summed E-state index contributed by atoms with van der Waals surface area (Å²) in [6, 6.07) is 24.5. The van der Waals surface area contributed by atoms with Crippen LogP contribution in [0, 0.1) is 11.3 Å². The largest absolute Gasteiger partial charge is 0.508 e. The van der Waals surface area contributed by atoms with Crippen molar-refractivity contribution in [3.8, 4) is 23.3 Å².